The van der Waals surface area contributed by atoms with E-state index >= 15 is 0 Å². The summed E-state index contributed by atoms with van der Waals surface area (Å²) in [7, 11) is 0. The number of fused-ring (bicyclic) bond motifs is 1. The summed E-state index contributed by atoms with van der Waals surface area (Å²) in [6.07, 6.45) is 10.00. The Balaban J connectivity index is 1.58. The van der Waals surface area contributed by atoms with Gasteiger partial charge in [0.1, 0.15) is 0 Å². The molecule has 154 valence electrons. The zero-order chi connectivity index (χ0) is 19.6. The molecule has 0 atom stereocenters. The highest BCUT2D eigenvalue weighted by atomic mass is 16.5. The van der Waals surface area contributed by atoms with Crippen LogP contribution in [0.25, 0.3) is 11.3 Å². The van der Waals surface area contributed by atoms with E-state index in [1.54, 1.807) is 0 Å². The standard InChI is InChI=1S/C23H35N3O2/c1-3-5-6-7-8-9-10-15-28-21-12-11-18(16-22(21)27-4-2)23-19-17-24-14-13-20(19)25-26-23/h11-12,16,24H,3-10,13-15,17H2,1-2H3,(H,25,26). The van der Waals surface area contributed by atoms with Crippen LogP contribution in [0.1, 0.15) is 70.1 Å². The quantitative estimate of drug-likeness (QED) is 0.490. The Morgan fingerprint density at radius 2 is 1.79 bits per heavy atom. The molecule has 2 N–H and O–H groups in total. The van der Waals surface area contributed by atoms with Crippen LogP contribution in [-0.2, 0) is 13.0 Å². The van der Waals surface area contributed by atoms with Gasteiger partial charge in [-0.25, -0.2) is 0 Å². The Kier molecular flexibility index (Phi) is 8.22. The predicted molar refractivity (Wildman–Crippen MR) is 114 cm³/mol. The number of nitrogens with zero attached hydrogens (tertiary/aromatic N) is 1. The van der Waals surface area contributed by atoms with Gasteiger partial charge in [-0.3, -0.25) is 5.10 Å². The summed E-state index contributed by atoms with van der Waals surface area (Å²) in [6, 6.07) is 6.18. The van der Waals surface area contributed by atoms with Crippen molar-refractivity contribution >= 4 is 0 Å². The van der Waals surface area contributed by atoms with Crippen LogP contribution in [-0.4, -0.2) is 30.0 Å². The highest BCUT2D eigenvalue weighted by Crippen LogP contribution is 2.34. The molecule has 0 unspecified atom stereocenters. The van der Waals surface area contributed by atoms with Gasteiger partial charge in [-0.2, -0.15) is 5.10 Å². The maximum atomic E-state index is 6.04. The molecule has 2 heterocycles. The fourth-order valence-electron chi connectivity index (χ4n) is 3.75. The van der Waals surface area contributed by atoms with Gasteiger partial charge in [-0.05, 0) is 31.5 Å². The van der Waals surface area contributed by atoms with Crippen LogP contribution >= 0.6 is 0 Å². The molecule has 1 aliphatic heterocycles. The summed E-state index contributed by atoms with van der Waals surface area (Å²) in [5.74, 6) is 1.64. The second-order valence-electron chi connectivity index (χ2n) is 7.52. The molecule has 0 aliphatic carbocycles. The van der Waals surface area contributed by atoms with Gasteiger partial charge in [-0.1, -0.05) is 45.4 Å². The Hall–Kier alpha value is -2.01. The van der Waals surface area contributed by atoms with Crippen molar-refractivity contribution in [3.8, 4) is 22.8 Å². The first-order valence-electron chi connectivity index (χ1n) is 11.0. The number of benzene rings is 1. The van der Waals surface area contributed by atoms with Crippen LogP contribution in [0.15, 0.2) is 18.2 Å². The second kappa shape index (κ2) is 11.1. The van der Waals surface area contributed by atoms with Gasteiger partial charge in [0.2, 0.25) is 0 Å². The van der Waals surface area contributed by atoms with Crippen molar-refractivity contribution < 1.29 is 9.47 Å². The van der Waals surface area contributed by atoms with Crippen molar-refractivity contribution in [2.24, 2.45) is 0 Å². The van der Waals surface area contributed by atoms with Gasteiger partial charge in [0.05, 0.1) is 18.9 Å². The minimum absolute atomic E-state index is 0.622. The topological polar surface area (TPSA) is 59.2 Å². The number of H-pyrrole nitrogens is 1. The number of nitrogens with one attached hydrogen (secondary N) is 2. The third-order valence-corrected chi connectivity index (χ3v) is 5.33. The summed E-state index contributed by atoms with van der Waals surface area (Å²) in [5, 5.41) is 11.2. The summed E-state index contributed by atoms with van der Waals surface area (Å²) >= 11 is 0. The van der Waals surface area contributed by atoms with Gasteiger partial charge in [-0.15, -0.1) is 0 Å². The van der Waals surface area contributed by atoms with Crippen molar-refractivity contribution in [1.29, 1.82) is 0 Å². The molecular weight excluding hydrogens is 350 g/mol. The van der Waals surface area contributed by atoms with E-state index in [-0.39, 0.29) is 0 Å². The van der Waals surface area contributed by atoms with E-state index in [0.717, 1.165) is 55.3 Å². The van der Waals surface area contributed by atoms with E-state index in [9.17, 15) is 0 Å². The van der Waals surface area contributed by atoms with Crippen LogP contribution in [0.4, 0.5) is 0 Å². The molecule has 1 aliphatic rings. The number of rotatable bonds is 12. The number of hydrogen-bond acceptors (Lipinski definition) is 4. The summed E-state index contributed by atoms with van der Waals surface area (Å²) in [6.45, 7) is 7.50. The van der Waals surface area contributed by atoms with Gasteiger partial charge < -0.3 is 14.8 Å². The molecule has 0 amide bonds. The molecular formula is C23H35N3O2. The third kappa shape index (κ3) is 5.51. The molecule has 0 saturated heterocycles. The monoisotopic (exact) mass is 385 g/mol. The molecule has 3 rings (SSSR count). The minimum atomic E-state index is 0.622. The molecule has 0 fully saturated rings. The van der Waals surface area contributed by atoms with Crippen molar-refractivity contribution in [2.75, 3.05) is 19.8 Å². The van der Waals surface area contributed by atoms with E-state index in [1.807, 2.05) is 13.0 Å². The maximum Gasteiger partial charge on any atom is 0.161 e. The smallest absolute Gasteiger partial charge is 0.161 e. The number of aromatic nitrogens is 2. The normalized spacial score (nSPS) is 13.4. The fourth-order valence-corrected chi connectivity index (χ4v) is 3.75. The Labute approximate surface area is 169 Å². The lowest BCUT2D eigenvalue weighted by molar-refractivity contribution is 0.270. The highest BCUT2D eigenvalue weighted by Gasteiger charge is 2.19. The predicted octanol–water partition coefficient (Wildman–Crippen LogP) is 5.25. The SMILES string of the molecule is CCCCCCCCCOc1ccc(-c2n[nH]c3c2CNCC3)cc1OCC. The molecule has 0 saturated carbocycles. The van der Waals surface area contributed by atoms with Crippen molar-refractivity contribution in [3.05, 3.63) is 29.5 Å². The largest absolute Gasteiger partial charge is 0.490 e. The molecule has 5 nitrogen and oxygen atoms in total. The van der Waals surface area contributed by atoms with Gasteiger partial charge in [0.15, 0.2) is 11.5 Å². The Morgan fingerprint density at radius 1 is 0.964 bits per heavy atom. The van der Waals surface area contributed by atoms with E-state index in [0.29, 0.717) is 6.61 Å². The van der Waals surface area contributed by atoms with Crippen LogP contribution in [0.3, 0.4) is 0 Å². The number of aromatic amines is 1. The van der Waals surface area contributed by atoms with E-state index in [1.165, 1.54) is 49.8 Å². The van der Waals surface area contributed by atoms with Crippen LogP contribution in [0, 0.1) is 0 Å². The van der Waals surface area contributed by atoms with E-state index in [2.05, 4.69) is 34.6 Å². The van der Waals surface area contributed by atoms with Crippen molar-refractivity contribution in [2.45, 2.75) is 71.8 Å². The zero-order valence-corrected chi connectivity index (χ0v) is 17.5. The summed E-state index contributed by atoms with van der Waals surface area (Å²) in [4.78, 5) is 0. The molecule has 28 heavy (non-hydrogen) atoms. The molecule has 1 aromatic heterocycles. The highest BCUT2D eigenvalue weighted by molar-refractivity contribution is 5.68. The average Bonchev–Trinajstić information content (AvgIpc) is 3.15. The third-order valence-electron chi connectivity index (χ3n) is 5.33. The lowest BCUT2D eigenvalue weighted by Gasteiger charge is -2.15. The molecule has 2 aromatic rings. The van der Waals surface area contributed by atoms with E-state index in [4.69, 9.17) is 9.47 Å². The van der Waals surface area contributed by atoms with Crippen LogP contribution in [0.2, 0.25) is 0 Å². The van der Waals surface area contributed by atoms with Crippen LogP contribution < -0.4 is 14.8 Å². The van der Waals surface area contributed by atoms with Crippen molar-refractivity contribution in [1.82, 2.24) is 15.5 Å². The molecule has 0 radical (unpaired) electrons. The number of hydrogen-bond donors (Lipinski definition) is 2. The van der Waals surface area contributed by atoms with Crippen LogP contribution in [0.5, 0.6) is 11.5 Å². The van der Waals surface area contributed by atoms with Gasteiger partial charge >= 0.3 is 0 Å². The Bertz CT molecular complexity index is 727. The lowest BCUT2D eigenvalue weighted by atomic mass is 10.0. The van der Waals surface area contributed by atoms with Crippen molar-refractivity contribution in [3.63, 3.8) is 0 Å². The number of unbranched alkanes of at least 4 members (excludes halogenated alkanes) is 6. The Morgan fingerprint density at radius 3 is 2.61 bits per heavy atom. The second-order valence-corrected chi connectivity index (χ2v) is 7.52. The fraction of sp³-hybridized carbons (Fsp3) is 0.609. The summed E-state index contributed by atoms with van der Waals surface area (Å²) in [5.41, 5.74) is 4.60. The lowest BCUT2D eigenvalue weighted by Crippen LogP contribution is -2.23. The van der Waals surface area contributed by atoms with Gasteiger partial charge in [0.25, 0.3) is 0 Å². The first-order valence-corrected chi connectivity index (χ1v) is 11.0. The van der Waals surface area contributed by atoms with Gasteiger partial charge in [0, 0.05) is 36.3 Å². The first kappa shape index (κ1) is 20.7. The first-order chi connectivity index (χ1) is 13.8. The molecule has 5 heteroatoms. The number of ether oxygens (including phenoxy) is 2. The molecule has 0 bridgehead atoms. The molecule has 0 spiro atoms. The zero-order valence-electron chi connectivity index (χ0n) is 17.5. The summed E-state index contributed by atoms with van der Waals surface area (Å²) < 4.78 is 11.9. The average molecular weight is 386 g/mol. The maximum absolute atomic E-state index is 6.04. The minimum Gasteiger partial charge on any atom is -0.490 e. The van der Waals surface area contributed by atoms with E-state index < -0.39 is 0 Å². The molecule has 1 aromatic carbocycles.